The Kier molecular flexibility index (Phi) is 2.64. The number of nitriles is 1. The van der Waals surface area contributed by atoms with Gasteiger partial charge in [0.2, 0.25) is 0 Å². The summed E-state index contributed by atoms with van der Waals surface area (Å²) in [6, 6.07) is 2.58. The van der Waals surface area contributed by atoms with Crippen molar-refractivity contribution in [3.05, 3.63) is 0 Å². The second-order valence-electron chi connectivity index (χ2n) is 5.85. The Labute approximate surface area is 102 Å². The Bertz CT molecular complexity index is 294. The van der Waals surface area contributed by atoms with Crippen molar-refractivity contribution in [2.45, 2.75) is 44.1 Å². The summed E-state index contributed by atoms with van der Waals surface area (Å²) in [6.45, 7) is 0. The van der Waals surface area contributed by atoms with Crippen LogP contribution in [0, 0.1) is 35.0 Å². The van der Waals surface area contributed by atoms with E-state index in [1.54, 1.807) is 0 Å². The van der Waals surface area contributed by atoms with Gasteiger partial charge >= 0.3 is 0 Å². The smallest absolute Gasteiger partial charge is 0.121 e. The van der Waals surface area contributed by atoms with Crippen LogP contribution in [0.5, 0.6) is 0 Å². The van der Waals surface area contributed by atoms with Crippen molar-refractivity contribution in [3.8, 4) is 6.07 Å². The van der Waals surface area contributed by atoms with E-state index in [-0.39, 0.29) is 11.7 Å². The number of ether oxygens (including phenoxy) is 1. The van der Waals surface area contributed by atoms with Crippen LogP contribution in [0.4, 0.5) is 0 Å². The standard InChI is InChI=1S/C13H18ClNO/c14-8-16-13(1-2-15)11-4-9-3-10(6-11)7-12(13)5-9/h9-12H,1,3-8H2. The lowest BCUT2D eigenvalue weighted by atomic mass is 9.49. The first-order chi connectivity index (χ1) is 7.78. The number of halogens is 1. The minimum absolute atomic E-state index is 0.191. The van der Waals surface area contributed by atoms with Gasteiger partial charge in [-0.25, -0.2) is 0 Å². The molecule has 0 unspecified atom stereocenters. The van der Waals surface area contributed by atoms with Gasteiger partial charge in [-0.15, -0.1) is 0 Å². The van der Waals surface area contributed by atoms with Crippen molar-refractivity contribution < 1.29 is 4.74 Å². The predicted octanol–water partition coefficient (Wildman–Crippen LogP) is 3.31. The first-order valence-corrected chi connectivity index (χ1v) is 6.89. The summed E-state index contributed by atoms with van der Waals surface area (Å²) in [4.78, 5) is 0. The number of alkyl halides is 1. The fourth-order valence-corrected chi connectivity index (χ4v) is 4.99. The van der Waals surface area contributed by atoms with Crippen LogP contribution in [0.1, 0.15) is 38.5 Å². The highest BCUT2D eigenvalue weighted by molar-refractivity contribution is 6.17. The van der Waals surface area contributed by atoms with E-state index in [0.717, 1.165) is 11.8 Å². The SMILES string of the molecule is N#CCC1(OCCl)C2CC3CC(C2)CC1C3. The average Bonchev–Trinajstić information content (AvgIpc) is 2.25. The van der Waals surface area contributed by atoms with E-state index in [1.165, 1.54) is 32.1 Å². The van der Waals surface area contributed by atoms with Gasteiger partial charge < -0.3 is 4.74 Å². The normalized spacial score (nSPS) is 49.2. The van der Waals surface area contributed by atoms with Crippen LogP contribution in [0.25, 0.3) is 0 Å². The Morgan fingerprint density at radius 2 is 1.69 bits per heavy atom. The van der Waals surface area contributed by atoms with Crippen molar-refractivity contribution in [1.29, 1.82) is 5.26 Å². The molecule has 0 heterocycles. The monoisotopic (exact) mass is 239 g/mol. The van der Waals surface area contributed by atoms with Gasteiger partial charge in [0.25, 0.3) is 0 Å². The Hall–Kier alpha value is -0.260. The summed E-state index contributed by atoms with van der Waals surface area (Å²) in [6.07, 6.45) is 7.04. The number of hydrogen-bond donors (Lipinski definition) is 0. The Balaban J connectivity index is 1.90. The van der Waals surface area contributed by atoms with Crippen LogP contribution in [-0.2, 0) is 4.74 Å². The molecule has 0 amide bonds. The molecule has 0 aromatic heterocycles. The molecular formula is C13H18ClNO. The molecule has 0 radical (unpaired) electrons. The third-order valence-electron chi connectivity index (χ3n) is 5.20. The van der Waals surface area contributed by atoms with Crippen LogP contribution in [0.15, 0.2) is 0 Å². The molecule has 4 aliphatic carbocycles. The number of hydrogen-bond acceptors (Lipinski definition) is 2. The first kappa shape index (κ1) is 10.9. The van der Waals surface area contributed by atoms with Crippen LogP contribution < -0.4 is 0 Å². The zero-order chi connectivity index (χ0) is 11.2. The topological polar surface area (TPSA) is 33.0 Å². The molecule has 0 spiro atoms. The summed E-state index contributed by atoms with van der Waals surface area (Å²) in [5.74, 6) is 3.02. The van der Waals surface area contributed by atoms with Crippen LogP contribution in [0.2, 0.25) is 0 Å². The van der Waals surface area contributed by atoms with Gasteiger partial charge in [-0.3, -0.25) is 0 Å². The van der Waals surface area contributed by atoms with Gasteiger partial charge in [-0.1, -0.05) is 11.6 Å². The molecule has 2 nitrogen and oxygen atoms in total. The lowest BCUT2D eigenvalue weighted by molar-refractivity contribution is -0.192. The molecule has 88 valence electrons. The van der Waals surface area contributed by atoms with Crippen molar-refractivity contribution in [3.63, 3.8) is 0 Å². The maximum absolute atomic E-state index is 9.07. The van der Waals surface area contributed by atoms with E-state index in [9.17, 15) is 0 Å². The largest absolute Gasteiger partial charge is 0.358 e. The van der Waals surface area contributed by atoms with E-state index in [1.807, 2.05) is 0 Å². The average molecular weight is 240 g/mol. The quantitative estimate of drug-likeness (QED) is 0.708. The molecule has 0 saturated heterocycles. The van der Waals surface area contributed by atoms with E-state index < -0.39 is 0 Å². The summed E-state index contributed by atoms with van der Waals surface area (Å²) in [5.41, 5.74) is -0.191. The zero-order valence-electron chi connectivity index (χ0n) is 9.49. The second kappa shape index (κ2) is 3.89. The van der Waals surface area contributed by atoms with Crippen molar-refractivity contribution in [2.75, 3.05) is 6.07 Å². The van der Waals surface area contributed by atoms with Gasteiger partial charge in [-0.05, 0) is 55.8 Å². The highest BCUT2D eigenvalue weighted by Crippen LogP contribution is 2.60. The van der Waals surface area contributed by atoms with Crippen LogP contribution in [-0.4, -0.2) is 11.7 Å². The third-order valence-corrected chi connectivity index (χ3v) is 5.31. The number of nitrogens with zero attached hydrogens (tertiary/aromatic N) is 1. The molecule has 4 saturated carbocycles. The summed E-state index contributed by atoms with van der Waals surface area (Å²) >= 11 is 5.79. The fraction of sp³-hybridized carbons (Fsp3) is 0.923. The van der Waals surface area contributed by atoms with Gasteiger partial charge in [0, 0.05) is 0 Å². The maximum atomic E-state index is 9.07. The fourth-order valence-electron chi connectivity index (χ4n) is 4.78. The van der Waals surface area contributed by atoms with Crippen molar-refractivity contribution >= 4 is 11.6 Å². The molecule has 0 atom stereocenters. The Morgan fingerprint density at radius 3 is 2.12 bits per heavy atom. The molecule has 4 fully saturated rings. The second-order valence-corrected chi connectivity index (χ2v) is 6.07. The molecular weight excluding hydrogens is 222 g/mol. The van der Waals surface area contributed by atoms with Gasteiger partial charge in [-0.2, -0.15) is 5.26 Å². The minimum Gasteiger partial charge on any atom is -0.358 e. The summed E-state index contributed by atoms with van der Waals surface area (Å²) in [7, 11) is 0. The van der Waals surface area contributed by atoms with E-state index in [2.05, 4.69) is 6.07 Å². The van der Waals surface area contributed by atoms with Crippen LogP contribution in [0.3, 0.4) is 0 Å². The van der Waals surface area contributed by atoms with E-state index >= 15 is 0 Å². The van der Waals surface area contributed by atoms with Gasteiger partial charge in [0.1, 0.15) is 6.07 Å². The molecule has 3 heteroatoms. The zero-order valence-corrected chi connectivity index (χ0v) is 10.2. The minimum atomic E-state index is -0.191. The predicted molar refractivity (Wildman–Crippen MR) is 61.8 cm³/mol. The van der Waals surface area contributed by atoms with E-state index in [4.69, 9.17) is 21.6 Å². The van der Waals surface area contributed by atoms with Crippen LogP contribution >= 0.6 is 11.6 Å². The lowest BCUT2D eigenvalue weighted by Crippen LogP contribution is -2.58. The molecule has 4 aliphatic rings. The molecule has 4 bridgehead atoms. The van der Waals surface area contributed by atoms with Crippen molar-refractivity contribution in [1.82, 2.24) is 0 Å². The molecule has 0 N–H and O–H groups in total. The summed E-state index contributed by atoms with van der Waals surface area (Å²) < 4.78 is 5.89. The molecule has 0 aromatic carbocycles. The van der Waals surface area contributed by atoms with Gasteiger partial charge in [0.05, 0.1) is 18.1 Å². The highest BCUT2D eigenvalue weighted by atomic mass is 35.5. The lowest BCUT2D eigenvalue weighted by Gasteiger charge is -2.60. The molecule has 4 rings (SSSR count). The summed E-state index contributed by atoms with van der Waals surface area (Å²) in [5, 5.41) is 9.07. The highest BCUT2D eigenvalue weighted by Gasteiger charge is 2.57. The van der Waals surface area contributed by atoms with E-state index in [0.29, 0.717) is 18.3 Å². The van der Waals surface area contributed by atoms with Gasteiger partial charge in [0.15, 0.2) is 0 Å². The van der Waals surface area contributed by atoms with Crippen molar-refractivity contribution in [2.24, 2.45) is 23.7 Å². The molecule has 16 heavy (non-hydrogen) atoms. The maximum Gasteiger partial charge on any atom is 0.121 e. The number of rotatable bonds is 3. The first-order valence-electron chi connectivity index (χ1n) is 6.35. The third kappa shape index (κ3) is 1.41. The Morgan fingerprint density at radius 1 is 1.12 bits per heavy atom. The molecule has 0 aromatic rings. The molecule has 0 aliphatic heterocycles.